The van der Waals surface area contributed by atoms with Gasteiger partial charge in [0.1, 0.15) is 10.4 Å². The minimum atomic E-state index is -0.773. The van der Waals surface area contributed by atoms with Crippen LogP contribution in [0.4, 0.5) is 0 Å². The molecule has 6 nitrogen and oxygen atoms in total. The van der Waals surface area contributed by atoms with Crippen LogP contribution in [0.25, 0.3) is 6.08 Å². The van der Waals surface area contributed by atoms with Crippen molar-refractivity contribution in [3.63, 3.8) is 0 Å². The number of rotatable bonds is 6. The number of nitrogens with zero attached hydrogens (tertiary/aromatic N) is 1. The van der Waals surface area contributed by atoms with Gasteiger partial charge in [-0.15, -0.1) is 0 Å². The van der Waals surface area contributed by atoms with Gasteiger partial charge in [-0.3, -0.25) is 9.69 Å². The summed E-state index contributed by atoms with van der Waals surface area (Å²) in [7, 11) is 3.08. The average Bonchev–Trinajstić information content (AvgIpc) is 2.87. The van der Waals surface area contributed by atoms with Crippen molar-refractivity contribution in [1.29, 1.82) is 0 Å². The first kappa shape index (κ1) is 20.7. The van der Waals surface area contributed by atoms with Gasteiger partial charge < -0.3 is 14.2 Å². The van der Waals surface area contributed by atoms with Crippen molar-refractivity contribution in [2.24, 2.45) is 0 Å². The number of hydrogen-bond acceptors (Lipinski definition) is 7. The summed E-state index contributed by atoms with van der Waals surface area (Å²) in [6.07, 6.45) is 1.70. The maximum Gasteiger partial charge on any atom is 0.329 e. The maximum absolute atomic E-state index is 12.7. The average molecular weight is 460 g/mol. The van der Waals surface area contributed by atoms with E-state index in [0.717, 1.165) is 17.3 Å². The SMILES string of the molecule is CCOC(=O)C(C)N1C(=O)/C(=C/c2cc(Br)c(OC)c(OC)c2)SC1=S. The maximum atomic E-state index is 12.7. The van der Waals surface area contributed by atoms with Gasteiger partial charge >= 0.3 is 5.97 Å². The zero-order chi connectivity index (χ0) is 19.4. The van der Waals surface area contributed by atoms with Crippen molar-refractivity contribution in [3.05, 3.63) is 27.1 Å². The predicted molar refractivity (Wildman–Crippen MR) is 108 cm³/mol. The fraction of sp³-hybridized carbons (Fsp3) is 0.353. The molecule has 1 unspecified atom stereocenters. The Morgan fingerprint density at radius 3 is 2.65 bits per heavy atom. The van der Waals surface area contributed by atoms with Crippen LogP contribution in [-0.2, 0) is 14.3 Å². The van der Waals surface area contributed by atoms with Crippen molar-refractivity contribution >= 4 is 62.2 Å². The fourth-order valence-electron chi connectivity index (χ4n) is 2.35. The van der Waals surface area contributed by atoms with E-state index in [1.54, 1.807) is 33.1 Å². The van der Waals surface area contributed by atoms with E-state index in [-0.39, 0.29) is 12.5 Å². The summed E-state index contributed by atoms with van der Waals surface area (Å²) in [4.78, 5) is 26.3. The molecular weight excluding hydrogens is 442 g/mol. The standard InChI is InChI=1S/C17H18BrNO5S2/c1-5-24-16(21)9(2)19-15(20)13(26-17(19)25)8-10-6-11(18)14(23-4)12(7-10)22-3/h6-9H,5H2,1-4H3/b13-8-. The van der Waals surface area contributed by atoms with E-state index in [9.17, 15) is 9.59 Å². The van der Waals surface area contributed by atoms with Gasteiger partial charge in [0.2, 0.25) is 0 Å². The number of benzene rings is 1. The highest BCUT2D eigenvalue weighted by Crippen LogP contribution is 2.39. The molecule has 1 atom stereocenters. The Morgan fingerprint density at radius 1 is 1.38 bits per heavy atom. The molecule has 1 aliphatic rings. The normalized spacial score (nSPS) is 16.8. The van der Waals surface area contributed by atoms with Gasteiger partial charge in [-0.05, 0) is 53.5 Å². The number of ether oxygens (including phenoxy) is 3. The summed E-state index contributed by atoms with van der Waals surface area (Å²) in [5.74, 6) is 0.280. The second-order valence-electron chi connectivity index (χ2n) is 5.22. The summed E-state index contributed by atoms with van der Waals surface area (Å²) in [5, 5.41) is 0. The van der Waals surface area contributed by atoms with Gasteiger partial charge in [0.05, 0.1) is 30.2 Å². The van der Waals surface area contributed by atoms with Crippen LogP contribution in [0.2, 0.25) is 0 Å². The predicted octanol–water partition coefficient (Wildman–Crippen LogP) is 3.62. The van der Waals surface area contributed by atoms with Crippen LogP contribution < -0.4 is 9.47 Å². The Labute approximate surface area is 170 Å². The summed E-state index contributed by atoms with van der Waals surface area (Å²) >= 11 is 9.84. The molecule has 1 amide bonds. The quantitative estimate of drug-likeness (QED) is 0.365. The number of thioether (sulfide) groups is 1. The van der Waals surface area contributed by atoms with Crippen molar-refractivity contribution in [3.8, 4) is 11.5 Å². The van der Waals surface area contributed by atoms with Gasteiger partial charge in [0, 0.05) is 0 Å². The number of hydrogen-bond donors (Lipinski definition) is 0. The van der Waals surface area contributed by atoms with Gasteiger partial charge in [0.25, 0.3) is 5.91 Å². The molecular formula is C17H18BrNO5S2. The number of carbonyl (C=O) groups excluding carboxylic acids is 2. The van der Waals surface area contributed by atoms with Crippen LogP contribution in [-0.4, -0.2) is 48.0 Å². The highest BCUT2D eigenvalue weighted by molar-refractivity contribution is 9.10. The number of halogens is 1. The molecule has 9 heteroatoms. The molecule has 0 saturated carbocycles. The summed E-state index contributed by atoms with van der Waals surface area (Å²) in [6, 6.07) is 2.79. The first-order valence-corrected chi connectivity index (χ1v) is 9.71. The monoisotopic (exact) mass is 459 g/mol. The van der Waals surface area contributed by atoms with Gasteiger partial charge in [-0.25, -0.2) is 4.79 Å². The van der Waals surface area contributed by atoms with Crippen LogP contribution in [0.1, 0.15) is 19.4 Å². The molecule has 1 saturated heterocycles. The van der Waals surface area contributed by atoms with E-state index < -0.39 is 12.0 Å². The second kappa shape index (κ2) is 8.88. The molecule has 26 heavy (non-hydrogen) atoms. The van der Waals surface area contributed by atoms with Crippen LogP contribution in [0.3, 0.4) is 0 Å². The molecule has 0 bridgehead atoms. The van der Waals surface area contributed by atoms with Gasteiger partial charge in [0.15, 0.2) is 11.5 Å². The molecule has 0 aliphatic carbocycles. The summed E-state index contributed by atoms with van der Waals surface area (Å²) in [5.41, 5.74) is 0.735. The number of carbonyl (C=O) groups is 2. The zero-order valence-corrected chi connectivity index (χ0v) is 17.9. The lowest BCUT2D eigenvalue weighted by atomic mass is 10.1. The lowest BCUT2D eigenvalue weighted by Gasteiger charge is -2.21. The number of thiocarbonyl (C=S) groups is 1. The van der Waals surface area contributed by atoms with E-state index in [2.05, 4.69) is 15.9 Å². The second-order valence-corrected chi connectivity index (χ2v) is 7.75. The number of esters is 1. The van der Waals surface area contributed by atoms with Crippen molar-refractivity contribution in [2.45, 2.75) is 19.9 Å². The van der Waals surface area contributed by atoms with Crippen molar-refractivity contribution in [1.82, 2.24) is 4.90 Å². The summed E-state index contributed by atoms with van der Waals surface area (Å²) in [6.45, 7) is 3.55. The summed E-state index contributed by atoms with van der Waals surface area (Å²) < 4.78 is 16.6. The molecule has 140 valence electrons. The lowest BCUT2D eigenvalue weighted by Crippen LogP contribution is -2.42. The minimum absolute atomic E-state index is 0.244. The first-order chi connectivity index (χ1) is 12.3. The molecule has 2 rings (SSSR count). The van der Waals surface area contributed by atoms with Crippen LogP contribution in [0.5, 0.6) is 11.5 Å². The molecule has 1 aromatic carbocycles. The third kappa shape index (κ3) is 4.21. The lowest BCUT2D eigenvalue weighted by molar-refractivity contribution is -0.149. The Morgan fingerprint density at radius 2 is 2.08 bits per heavy atom. The van der Waals surface area contributed by atoms with Crippen LogP contribution in [0.15, 0.2) is 21.5 Å². The number of methoxy groups -OCH3 is 2. The number of amides is 1. The van der Waals surface area contributed by atoms with E-state index in [0.29, 0.717) is 25.2 Å². The van der Waals surface area contributed by atoms with Crippen molar-refractivity contribution < 1.29 is 23.8 Å². The Hall–Kier alpha value is -1.58. The first-order valence-electron chi connectivity index (χ1n) is 7.69. The van der Waals surface area contributed by atoms with E-state index in [1.165, 1.54) is 12.0 Å². The molecule has 0 radical (unpaired) electrons. The smallest absolute Gasteiger partial charge is 0.329 e. The highest BCUT2D eigenvalue weighted by atomic mass is 79.9. The highest BCUT2D eigenvalue weighted by Gasteiger charge is 2.38. The molecule has 0 N–H and O–H groups in total. The zero-order valence-electron chi connectivity index (χ0n) is 14.7. The molecule has 1 fully saturated rings. The molecule has 0 spiro atoms. The molecule has 1 heterocycles. The Balaban J connectivity index is 2.33. The van der Waals surface area contributed by atoms with E-state index in [4.69, 9.17) is 26.4 Å². The van der Waals surface area contributed by atoms with Crippen LogP contribution in [0, 0.1) is 0 Å². The molecule has 1 aliphatic heterocycles. The van der Waals surface area contributed by atoms with E-state index in [1.807, 2.05) is 6.07 Å². The fourth-order valence-corrected chi connectivity index (χ4v) is 4.39. The third-order valence-corrected chi connectivity index (χ3v) is 5.51. The van der Waals surface area contributed by atoms with Gasteiger partial charge in [-0.1, -0.05) is 24.0 Å². The molecule has 1 aromatic rings. The van der Waals surface area contributed by atoms with Crippen molar-refractivity contribution in [2.75, 3.05) is 20.8 Å². The topological polar surface area (TPSA) is 65.1 Å². The molecule has 0 aromatic heterocycles. The van der Waals surface area contributed by atoms with Crippen LogP contribution >= 0.6 is 39.9 Å². The Kier molecular flexibility index (Phi) is 7.08. The Bertz CT molecular complexity index is 781. The third-order valence-electron chi connectivity index (χ3n) is 3.59. The van der Waals surface area contributed by atoms with E-state index >= 15 is 0 Å². The van der Waals surface area contributed by atoms with Gasteiger partial charge in [-0.2, -0.15) is 0 Å². The largest absolute Gasteiger partial charge is 0.493 e. The minimum Gasteiger partial charge on any atom is -0.493 e.